The molecule has 0 bridgehead atoms. The predicted molar refractivity (Wildman–Crippen MR) is 73.4 cm³/mol. The number of hydrogen-bond acceptors (Lipinski definition) is 3. The average molecular weight is 253 g/mol. The van der Waals surface area contributed by atoms with E-state index in [0.29, 0.717) is 5.92 Å². The van der Waals surface area contributed by atoms with Gasteiger partial charge in [-0.2, -0.15) is 0 Å². The Hall–Kier alpha value is -0.610. The highest BCUT2D eigenvalue weighted by molar-refractivity contribution is 5.85. The van der Waals surface area contributed by atoms with Crippen LogP contribution in [0.15, 0.2) is 0 Å². The monoisotopic (exact) mass is 253 g/mol. The van der Waals surface area contributed by atoms with Crippen LogP contribution in [0.25, 0.3) is 0 Å². The summed E-state index contributed by atoms with van der Waals surface area (Å²) in [4.78, 5) is 14.6. The van der Waals surface area contributed by atoms with Gasteiger partial charge in [0.1, 0.15) is 0 Å². The van der Waals surface area contributed by atoms with E-state index in [-0.39, 0.29) is 11.4 Å². The Labute approximate surface area is 110 Å². The van der Waals surface area contributed by atoms with Gasteiger partial charge < -0.3 is 10.6 Å². The van der Waals surface area contributed by atoms with Crippen LogP contribution in [0.4, 0.5) is 0 Å². The van der Waals surface area contributed by atoms with E-state index in [1.807, 2.05) is 13.8 Å². The Morgan fingerprint density at radius 3 is 2.56 bits per heavy atom. The molecule has 4 heteroatoms. The maximum atomic E-state index is 12.3. The SMILES string of the molecule is CC(CNC(=O)C(C)(C)N1CCNCC1)C1CC1. The second-order valence-electron chi connectivity index (χ2n) is 6.32. The van der Waals surface area contributed by atoms with Crippen molar-refractivity contribution in [3.63, 3.8) is 0 Å². The third-order valence-corrected chi connectivity index (χ3v) is 4.47. The zero-order valence-corrected chi connectivity index (χ0v) is 12.0. The Morgan fingerprint density at radius 2 is 2.00 bits per heavy atom. The summed E-state index contributed by atoms with van der Waals surface area (Å²) in [5.74, 6) is 1.66. The smallest absolute Gasteiger partial charge is 0.239 e. The van der Waals surface area contributed by atoms with E-state index in [0.717, 1.165) is 38.6 Å². The first kappa shape index (κ1) is 13.8. The van der Waals surface area contributed by atoms with Crippen LogP contribution in [0.5, 0.6) is 0 Å². The lowest BCUT2D eigenvalue weighted by atomic mass is 9.99. The molecule has 1 saturated heterocycles. The van der Waals surface area contributed by atoms with Gasteiger partial charge in [-0.1, -0.05) is 6.92 Å². The van der Waals surface area contributed by atoms with Gasteiger partial charge in [-0.3, -0.25) is 9.69 Å². The molecule has 1 aliphatic carbocycles. The van der Waals surface area contributed by atoms with Crippen LogP contribution in [0.3, 0.4) is 0 Å². The largest absolute Gasteiger partial charge is 0.354 e. The van der Waals surface area contributed by atoms with E-state index < -0.39 is 0 Å². The van der Waals surface area contributed by atoms with E-state index in [2.05, 4.69) is 22.5 Å². The average Bonchev–Trinajstić information content (AvgIpc) is 3.20. The van der Waals surface area contributed by atoms with Crippen molar-refractivity contribution in [2.75, 3.05) is 32.7 Å². The molecular formula is C14H27N3O. The topological polar surface area (TPSA) is 44.4 Å². The summed E-state index contributed by atoms with van der Waals surface area (Å²) in [6, 6.07) is 0. The molecule has 4 nitrogen and oxygen atoms in total. The molecule has 0 spiro atoms. The second kappa shape index (κ2) is 5.57. The Morgan fingerprint density at radius 1 is 1.39 bits per heavy atom. The molecule has 104 valence electrons. The summed E-state index contributed by atoms with van der Waals surface area (Å²) in [6.07, 6.45) is 2.69. The van der Waals surface area contributed by atoms with E-state index in [1.165, 1.54) is 12.8 Å². The molecule has 2 aliphatic rings. The van der Waals surface area contributed by atoms with E-state index >= 15 is 0 Å². The molecule has 0 aromatic rings. The number of carbonyl (C=O) groups is 1. The number of rotatable bonds is 5. The van der Waals surface area contributed by atoms with Gasteiger partial charge in [-0.05, 0) is 38.5 Å². The van der Waals surface area contributed by atoms with Crippen LogP contribution < -0.4 is 10.6 Å². The zero-order valence-electron chi connectivity index (χ0n) is 12.0. The van der Waals surface area contributed by atoms with Crippen LogP contribution in [-0.2, 0) is 4.79 Å². The molecule has 0 radical (unpaired) electrons. The Balaban J connectivity index is 1.81. The lowest BCUT2D eigenvalue weighted by Gasteiger charge is -2.40. The molecule has 0 aromatic carbocycles. The maximum Gasteiger partial charge on any atom is 0.239 e. The summed E-state index contributed by atoms with van der Waals surface area (Å²) in [5.41, 5.74) is -0.384. The van der Waals surface area contributed by atoms with Crippen molar-refractivity contribution in [3.8, 4) is 0 Å². The quantitative estimate of drug-likeness (QED) is 0.763. The molecular weight excluding hydrogens is 226 g/mol. The van der Waals surface area contributed by atoms with Gasteiger partial charge in [0.15, 0.2) is 0 Å². The van der Waals surface area contributed by atoms with Crippen molar-refractivity contribution in [2.45, 2.75) is 39.2 Å². The van der Waals surface area contributed by atoms with Gasteiger partial charge in [0, 0.05) is 32.7 Å². The highest BCUT2D eigenvalue weighted by Crippen LogP contribution is 2.36. The van der Waals surface area contributed by atoms with Crippen LogP contribution in [0.2, 0.25) is 0 Å². The lowest BCUT2D eigenvalue weighted by Crippen LogP contribution is -2.60. The molecule has 1 heterocycles. The maximum absolute atomic E-state index is 12.3. The molecule has 1 aliphatic heterocycles. The number of amides is 1. The summed E-state index contributed by atoms with van der Waals surface area (Å²) >= 11 is 0. The zero-order chi connectivity index (χ0) is 13.2. The van der Waals surface area contributed by atoms with Crippen LogP contribution in [0, 0.1) is 11.8 Å². The molecule has 1 unspecified atom stereocenters. The number of carbonyl (C=O) groups excluding carboxylic acids is 1. The van der Waals surface area contributed by atoms with Crippen LogP contribution in [-0.4, -0.2) is 49.1 Å². The number of piperazine rings is 1. The fraction of sp³-hybridized carbons (Fsp3) is 0.929. The van der Waals surface area contributed by atoms with Crippen molar-refractivity contribution in [3.05, 3.63) is 0 Å². The third kappa shape index (κ3) is 3.23. The fourth-order valence-corrected chi connectivity index (χ4v) is 2.67. The van der Waals surface area contributed by atoms with Crippen LogP contribution >= 0.6 is 0 Å². The van der Waals surface area contributed by atoms with E-state index in [1.54, 1.807) is 0 Å². The van der Waals surface area contributed by atoms with Crippen molar-refractivity contribution in [1.29, 1.82) is 0 Å². The molecule has 2 fully saturated rings. The van der Waals surface area contributed by atoms with E-state index in [9.17, 15) is 4.79 Å². The first-order valence-corrected chi connectivity index (χ1v) is 7.26. The van der Waals surface area contributed by atoms with Gasteiger partial charge in [0.25, 0.3) is 0 Å². The van der Waals surface area contributed by atoms with Gasteiger partial charge in [0.05, 0.1) is 5.54 Å². The van der Waals surface area contributed by atoms with E-state index in [4.69, 9.17) is 0 Å². The second-order valence-corrected chi connectivity index (χ2v) is 6.32. The van der Waals surface area contributed by atoms with Crippen LogP contribution in [0.1, 0.15) is 33.6 Å². The third-order valence-electron chi connectivity index (χ3n) is 4.47. The van der Waals surface area contributed by atoms with Crippen molar-refractivity contribution in [1.82, 2.24) is 15.5 Å². The fourth-order valence-electron chi connectivity index (χ4n) is 2.67. The van der Waals surface area contributed by atoms with Gasteiger partial charge in [-0.25, -0.2) is 0 Å². The molecule has 2 N–H and O–H groups in total. The minimum absolute atomic E-state index is 0.178. The molecule has 2 rings (SSSR count). The summed E-state index contributed by atoms with van der Waals surface area (Å²) < 4.78 is 0. The Bertz CT molecular complexity index is 293. The highest BCUT2D eigenvalue weighted by atomic mass is 16.2. The molecule has 1 amide bonds. The van der Waals surface area contributed by atoms with Gasteiger partial charge in [0.2, 0.25) is 5.91 Å². The first-order valence-electron chi connectivity index (χ1n) is 7.26. The minimum atomic E-state index is -0.384. The molecule has 1 atom stereocenters. The van der Waals surface area contributed by atoms with Gasteiger partial charge in [-0.15, -0.1) is 0 Å². The first-order chi connectivity index (χ1) is 8.51. The van der Waals surface area contributed by atoms with Crippen molar-refractivity contribution in [2.24, 2.45) is 11.8 Å². The number of hydrogen-bond donors (Lipinski definition) is 2. The lowest BCUT2D eigenvalue weighted by molar-refractivity contribution is -0.132. The standard InChI is InChI=1S/C14H27N3O/c1-11(12-4-5-12)10-16-13(18)14(2,3)17-8-6-15-7-9-17/h11-12,15H,4-10H2,1-3H3,(H,16,18). The normalized spacial score (nSPS) is 23.7. The molecule has 1 saturated carbocycles. The number of nitrogens with one attached hydrogen (secondary N) is 2. The summed E-state index contributed by atoms with van der Waals surface area (Å²) in [6.45, 7) is 11.0. The minimum Gasteiger partial charge on any atom is -0.354 e. The molecule has 18 heavy (non-hydrogen) atoms. The summed E-state index contributed by atoms with van der Waals surface area (Å²) in [7, 11) is 0. The van der Waals surface area contributed by atoms with Crippen molar-refractivity contribution < 1.29 is 4.79 Å². The van der Waals surface area contributed by atoms with Crippen molar-refractivity contribution >= 4 is 5.91 Å². The number of nitrogens with zero attached hydrogens (tertiary/aromatic N) is 1. The highest BCUT2D eigenvalue weighted by Gasteiger charge is 2.36. The van der Waals surface area contributed by atoms with Gasteiger partial charge >= 0.3 is 0 Å². The predicted octanol–water partition coefficient (Wildman–Crippen LogP) is 0.833. The molecule has 0 aromatic heterocycles. The summed E-state index contributed by atoms with van der Waals surface area (Å²) in [5, 5.41) is 6.47. The Kier molecular flexibility index (Phi) is 4.28.